The number of carboxylic acids is 1. The number of hydrogen-bond acceptors (Lipinski definition) is 3. The molecule has 3 atom stereocenters. The molecule has 1 aliphatic rings. The Bertz CT molecular complexity index is 1000. The Hall–Kier alpha value is -2.62. The number of hydrogen-bond donors (Lipinski definition) is 1. The van der Waals surface area contributed by atoms with E-state index in [4.69, 9.17) is 0 Å². The van der Waals surface area contributed by atoms with Gasteiger partial charge in [-0.15, -0.1) is 0 Å². The summed E-state index contributed by atoms with van der Waals surface area (Å²) < 4.78 is 78.6. The van der Waals surface area contributed by atoms with Gasteiger partial charge in [-0.05, 0) is 73.4 Å². The van der Waals surface area contributed by atoms with Crippen LogP contribution in [0.1, 0.15) is 80.4 Å². The van der Waals surface area contributed by atoms with Crippen molar-refractivity contribution < 1.29 is 36.2 Å². The third kappa shape index (κ3) is 7.21. The number of piperidine rings is 1. The minimum absolute atomic E-state index is 0.0521. The molecule has 0 radical (unpaired) electrons. The standard InChI is InChI=1S/C26H30F6N2O2/c1-16(2)3-9-21(19-6-10-23(33-15-19)26(30,31)32)34-12-11-17(14-24(35)36)13-22(34)18-4-7-20(8-5-18)25(27,28)29/h4-8,10,15-17,21-22H,3,9,11-14H2,1-2H3,(H,35,36)/t17-,21?,22+/m1/s1. The minimum Gasteiger partial charge on any atom is -0.481 e. The van der Waals surface area contributed by atoms with Crippen LogP contribution in [0, 0.1) is 11.8 Å². The van der Waals surface area contributed by atoms with E-state index in [-0.39, 0.29) is 24.4 Å². The Labute approximate surface area is 206 Å². The van der Waals surface area contributed by atoms with E-state index in [9.17, 15) is 36.2 Å². The summed E-state index contributed by atoms with van der Waals surface area (Å²) in [7, 11) is 0. The lowest BCUT2D eigenvalue weighted by Crippen LogP contribution is -2.40. The topological polar surface area (TPSA) is 53.4 Å². The maximum Gasteiger partial charge on any atom is 0.433 e. The molecule has 2 aromatic rings. The number of carboxylic acid groups (broad SMARTS) is 1. The lowest BCUT2D eigenvalue weighted by atomic mass is 9.82. The van der Waals surface area contributed by atoms with Crippen molar-refractivity contribution in [3.63, 3.8) is 0 Å². The summed E-state index contributed by atoms with van der Waals surface area (Å²) in [6.45, 7) is 4.54. The molecule has 198 valence electrons. The van der Waals surface area contributed by atoms with Gasteiger partial charge in [0.1, 0.15) is 5.69 Å². The summed E-state index contributed by atoms with van der Waals surface area (Å²) in [6, 6.07) is 6.50. The molecule has 1 saturated heterocycles. The van der Waals surface area contributed by atoms with E-state index in [1.165, 1.54) is 24.4 Å². The summed E-state index contributed by atoms with van der Waals surface area (Å²) in [5.74, 6) is -0.783. The molecule has 1 aromatic carbocycles. The van der Waals surface area contributed by atoms with Crippen LogP contribution in [0.5, 0.6) is 0 Å². The SMILES string of the molecule is CC(C)CCC(c1ccc(C(F)(F)F)nc1)N1CC[C@@H](CC(=O)O)C[C@H]1c1ccc(C(F)(F)F)cc1. The van der Waals surface area contributed by atoms with Crippen molar-refractivity contribution in [2.24, 2.45) is 11.8 Å². The zero-order chi connectivity index (χ0) is 26.7. The highest BCUT2D eigenvalue weighted by atomic mass is 19.4. The zero-order valence-electron chi connectivity index (χ0n) is 20.1. The quantitative estimate of drug-likeness (QED) is 0.369. The van der Waals surface area contributed by atoms with Gasteiger partial charge in [-0.25, -0.2) is 0 Å². The first-order chi connectivity index (χ1) is 16.8. The largest absolute Gasteiger partial charge is 0.481 e. The molecule has 1 aromatic heterocycles. The first-order valence-electron chi connectivity index (χ1n) is 11.9. The number of rotatable bonds is 8. The van der Waals surface area contributed by atoms with Gasteiger partial charge in [-0.3, -0.25) is 14.7 Å². The first kappa shape index (κ1) is 28.0. The highest BCUT2D eigenvalue weighted by Gasteiger charge is 2.37. The molecule has 2 heterocycles. The Balaban J connectivity index is 1.99. The van der Waals surface area contributed by atoms with Gasteiger partial charge >= 0.3 is 18.3 Å². The molecule has 0 bridgehead atoms. The molecule has 36 heavy (non-hydrogen) atoms. The van der Waals surface area contributed by atoms with Crippen LogP contribution < -0.4 is 0 Å². The van der Waals surface area contributed by atoms with Crippen molar-refractivity contribution in [2.75, 3.05) is 6.54 Å². The van der Waals surface area contributed by atoms with Gasteiger partial charge in [0, 0.05) is 24.7 Å². The Morgan fingerprint density at radius 1 is 1.03 bits per heavy atom. The third-order valence-corrected chi connectivity index (χ3v) is 6.72. The number of nitrogens with zero attached hydrogens (tertiary/aromatic N) is 2. The zero-order valence-corrected chi connectivity index (χ0v) is 20.1. The fourth-order valence-electron chi connectivity index (χ4n) is 4.87. The average molecular weight is 517 g/mol. The minimum atomic E-state index is -4.57. The van der Waals surface area contributed by atoms with E-state index in [0.29, 0.717) is 42.9 Å². The highest BCUT2D eigenvalue weighted by Crippen LogP contribution is 2.43. The number of aliphatic carboxylic acids is 1. The van der Waals surface area contributed by atoms with Crippen molar-refractivity contribution >= 4 is 5.97 Å². The molecule has 1 fully saturated rings. The third-order valence-electron chi connectivity index (χ3n) is 6.72. The molecular weight excluding hydrogens is 486 g/mol. The summed E-state index contributed by atoms with van der Waals surface area (Å²) in [5, 5.41) is 9.30. The Morgan fingerprint density at radius 2 is 1.69 bits per heavy atom. The second-order valence-corrected chi connectivity index (χ2v) is 9.82. The molecule has 0 spiro atoms. The van der Waals surface area contributed by atoms with Crippen LogP contribution in [0.3, 0.4) is 0 Å². The molecule has 10 heteroatoms. The van der Waals surface area contributed by atoms with Crippen LogP contribution in [0.25, 0.3) is 0 Å². The fourth-order valence-corrected chi connectivity index (χ4v) is 4.87. The number of benzene rings is 1. The predicted octanol–water partition coefficient (Wildman–Crippen LogP) is 7.52. The molecule has 4 nitrogen and oxygen atoms in total. The molecule has 1 aliphatic heterocycles. The molecule has 0 amide bonds. The van der Waals surface area contributed by atoms with Gasteiger partial charge in [0.2, 0.25) is 0 Å². The van der Waals surface area contributed by atoms with E-state index in [1.807, 2.05) is 13.8 Å². The number of likely N-dealkylation sites (tertiary alicyclic amines) is 1. The fraction of sp³-hybridized carbons (Fsp3) is 0.538. The van der Waals surface area contributed by atoms with E-state index in [2.05, 4.69) is 9.88 Å². The van der Waals surface area contributed by atoms with Crippen LogP contribution in [-0.4, -0.2) is 27.5 Å². The highest BCUT2D eigenvalue weighted by molar-refractivity contribution is 5.67. The van der Waals surface area contributed by atoms with Crippen LogP contribution in [0.4, 0.5) is 26.3 Å². The summed E-state index contributed by atoms with van der Waals surface area (Å²) >= 11 is 0. The Kier molecular flexibility index (Phi) is 8.69. The van der Waals surface area contributed by atoms with Crippen molar-refractivity contribution in [1.29, 1.82) is 0 Å². The van der Waals surface area contributed by atoms with E-state index >= 15 is 0 Å². The second kappa shape index (κ2) is 11.2. The maximum absolute atomic E-state index is 13.1. The summed E-state index contributed by atoms with van der Waals surface area (Å²) in [5.41, 5.74) is -0.558. The van der Waals surface area contributed by atoms with Gasteiger partial charge < -0.3 is 5.11 Å². The van der Waals surface area contributed by atoms with E-state index < -0.39 is 29.6 Å². The number of carbonyl (C=O) groups is 1. The monoisotopic (exact) mass is 516 g/mol. The smallest absolute Gasteiger partial charge is 0.433 e. The van der Waals surface area contributed by atoms with Crippen LogP contribution in [0.15, 0.2) is 42.6 Å². The van der Waals surface area contributed by atoms with Gasteiger partial charge in [0.05, 0.1) is 5.56 Å². The van der Waals surface area contributed by atoms with E-state index in [0.717, 1.165) is 24.6 Å². The maximum atomic E-state index is 13.1. The number of pyridine rings is 1. The van der Waals surface area contributed by atoms with Crippen molar-refractivity contribution in [1.82, 2.24) is 9.88 Å². The van der Waals surface area contributed by atoms with Gasteiger partial charge in [0.25, 0.3) is 0 Å². The summed E-state index contributed by atoms with van der Waals surface area (Å²) in [6.07, 6.45) is -5.50. The molecule has 0 aliphatic carbocycles. The molecular formula is C26H30F6N2O2. The lowest BCUT2D eigenvalue weighted by Gasteiger charge is -2.44. The second-order valence-electron chi connectivity index (χ2n) is 9.82. The lowest BCUT2D eigenvalue weighted by molar-refractivity contribution is -0.141. The van der Waals surface area contributed by atoms with Crippen molar-refractivity contribution in [2.45, 2.75) is 70.4 Å². The van der Waals surface area contributed by atoms with Gasteiger partial charge in [-0.2, -0.15) is 26.3 Å². The molecule has 1 N–H and O–H groups in total. The van der Waals surface area contributed by atoms with Crippen LogP contribution in [-0.2, 0) is 17.1 Å². The number of halogens is 6. The average Bonchev–Trinajstić information content (AvgIpc) is 2.78. The number of aromatic nitrogens is 1. The van der Waals surface area contributed by atoms with Crippen LogP contribution in [0.2, 0.25) is 0 Å². The first-order valence-corrected chi connectivity index (χ1v) is 11.9. The van der Waals surface area contributed by atoms with Crippen LogP contribution >= 0.6 is 0 Å². The Morgan fingerprint density at radius 3 is 2.19 bits per heavy atom. The number of alkyl halides is 6. The molecule has 3 rings (SSSR count). The molecule has 0 saturated carbocycles. The normalized spacial score (nSPS) is 20.5. The van der Waals surface area contributed by atoms with Crippen molar-refractivity contribution in [3.05, 3.63) is 65.0 Å². The van der Waals surface area contributed by atoms with Crippen molar-refractivity contribution in [3.8, 4) is 0 Å². The summed E-state index contributed by atoms with van der Waals surface area (Å²) in [4.78, 5) is 17.1. The van der Waals surface area contributed by atoms with Gasteiger partial charge in [0.15, 0.2) is 0 Å². The van der Waals surface area contributed by atoms with Gasteiger partial charge in [-0.1, -0.05) is 32.0 Å². The van der Waals surface area contributed by atoms with E-state index in [1.54, 1.807) is 0 Å². The predicted molar refractivity (Wildman–Crippen MR) is 122 cm³/mol. The molecule has 1 unspecified atom stereocenters.